The summed E-state index contributed by atoms with van der Waals surface area (Å²) in [5.74, 6) is -0.597. The third-order valence-electron chi connectivity index (χ3n) is 5.46. The number of benzene rings is 2. The average Bonchev–Trinajstić information content (AvgIpc) is 3.24. The molecule has 1 amide bonds. The summed E-state index contributed by atoms with van der Waals surface area (Å²) in [7, 11) is 1.22. The molecule has 0 bridgehead atoms. The number of ether oxygens (including phenoxy) is 4. The fourth-order valence-corrected chi connectivity index (χ4v) is 3.75. The Labute approximate surface area is 224 Å². The van der Waals surface area contributed by atoms with E-state index in [2.05, 4.69) is 15.6 Å². The average molecular weight is 543 g/mol. The summed E-state index contributed by atoms with van der Waals surface area (Å²) < 4.78 is 36.3. The van der Waals surface area contributed by atoms with Crippen LogP contribution in [0.25, 0.3) is 5.69 Å². The summed E-state index contributed by atoms with van der Waals surface area (Å²) >= 11 is 0. The quantitative estimate of drug-likeness (QED) is 0.204. The van der Waals surface area contributed by atoms with Gasteiger partial charge in [-0.3, -0.25) is 19.5 Å². The fourth-order valence-electron chi connectivity index (χ4n) is 3.75. The number of aromatic amines is 1. The number of amides is 1. The van der Waals surface area contributed by atoms with Gasteiger partial charge in [-0.15, -0.1) is 0 Å². The lowest BCUT2D eigenvalue weighted by Gasteiger charge is -2.16. The Morgan fingerprint density at radius 1 is 1.00 bits per heavy atom. The highest BCUT2D eigenvalue weighted by Gasteiger charge is 2.22. The van der Waals surface area contributed by atoms with Crippen molar-refractivity contribution in [1.82, 2.24) is 15.2 Å². The zero-order valence-electron chi connectivity index (χ0n) is 22.4. The highest BCUT2D eigenvalue weighted by Crippen LogP contribution is 2.39. The number of halogens is 1. The van der Waals surface area contributed by atoms with Gasteiger partial charge in [0.15, 0.2) is 11.5 Å². The van der Waals surface area contributed by atoms with Crippen LogP contribution in [-0.4, -0.2) is 54.3 Å². The molecule has 0 aliphatic rings. The van der Waals surface area contributed by atoms with E-state index in [0.29, 0.717) is 42.8 Å². The summed E-state index contributed by atoms with van der Waals surface area (Å²) in [4.78, 5) is 38.3. The zero-order valence-corrected chi connectivity index (χ0v) is 22.4. The van der Waals surface area contributed by atoms with Gasteiger partial charge in [0.05, 0.1) is 56.0 Å². The molecule has 0 aliphatic heterocycles. The molecule has 0 fully saturated rings. The van der Waals surface area contributed by atoms with E-state index in [1.54, 1.807) is 13.8 Å². The van der Waals surface area contributed by atoms with Crippen molar-refractivity contribution in [2.75, 3.05) is 26.9 Å². The SMILES string of the molecule is CCOc1cc(C(=O)N/N=C(\C)c2c(CC(=O)OC)[nH]n(-c3ccc(F)cc3)c2=O)cc(OCC)c1OCC. The second-order valence-corrected chi connectivity index (χ2v) is 8.07. The van der Waals surface area contributed by atoms with Crippen LogP contribution in [0.15, 0.2) is 46.3 Å². The van der Waals surface area contributed by atoms with Crippen LogP contribution in [0.2, 0.25) is 0 Å². The van der Waals surface area contributed by atoms with Crippen LogP contribution in [0.5, 0.6) is 17.2 Å². The van der Waals surface area contributed by atoms with Gasteiger partial charge in [-0.1, -0.05) is 0 Å². The minimum atomic E-state index is -0.595. The molecule has 0 radical (unpaired) electrons. The maximum atomic E-state index is 13.4. The van der Waals surface area contributed by atoms with Crippen molar-refractivity contribution >= 4 is 17.6 Å². The molecule has 0 spiro atoms. The molecule has 3 rings (SSSR count). The van der Waals surface area contributed by atoms with E-state index in [9.17, 15) is 18.8 Å². The molecule has 2 N–H and O–H groups in total. The zero-order chi connectivity index (χ0) is 28.5. The van der Waals surface area contributed by atoms with Gasteiger partial charge >= 0.3 is 5.97 Å². The molecule has 0 saturated heterocycles. The normalized spacial score (nSPS) is 11.2. The predicted molar refractivity (Wildman–Crippen MR) is 142 cm³/mol. The van der Waals surface area contributed by atoms with Gasteiger partial charge in [-0.05, 0) is 64.1 Å². The molecule has 208 valence electrons. The standard InChI is InChI=1S/C27H31FN4O7/c1-6-37-21-13-17(14-22(38-7-2)25(21)39-8-3)26(34)30-29-16(4)24-20(15-23(33)36-5)31-32(27(24)35)19-11-9-18(28)10-12-19/h9-14,31H,6-8,15H2,1-5H3,(H,30,34)/b29-16+. The second-order valence-electron chi connectivity index (χ2n) is 8.07. The Morgan fingerprint density at radius 2 is 1.59 bits per heavy atom. The van der Waals surface area contributed by atoms with Gasteiger partial charge in [-0.25, -0.2) is 14.5 Å². The van der Waals surface area contributed by atoms with Crippen LogP contribution in [-0.2, 0) is 16.0 Å². The number of rotatable bonds is 12. The maximum Gasteiger partial charge on any atom is 0.311 e. The van der Waals surface area contributed by atoms with Crippen LogP contribution >= 0.6 is 0 Å². The number of H-pyrrole nitrogens is 1. The van der Waals surface area contributed by atoms with Crippen molar-refractivity contribution in [3.05, 3.63) is 69.4 Å². The van der Waals surface area contributed by atoms with Gasteiger partial charge < -0.3 is 18.9 Å². The summed E-state index contributed by atoms with van der Waals surface area (Å²) in [6, 6.07) is 8.24. The highest BCUT2D eigenvalue weighted by molar-refractivity contribution is 6.02. The number of aromatic nitrogens is 2. The molecule has 12 heteroatoms. The van der Waals surface area contributed by atoms with E-state index >= 15 is 0 Å². The third-order valence-corrected chi connectivity index (χ3v) is 5.46. The number of nitrogens with one attached hydrogen (secondary N) is 2. The van der Waals surface area contributed by atoms with E-state index in [4.69, 9.17) is 18.9 Å². The monoisotopic (exact) mass is 542 g/mol. The lowest BCUT2D eigenvalue weighted by Crippen LogP contribution is -2.24. The molecule has 0 atom stereocenters. The Hall–Kier alpha value is -4.61. The van der Waals surface area contributed by atoms with Crippen LogP contribution in [0.3, 0.4) is 0 Å². The van der Waals surface area contributed by atoms with Crippen molar-refractivity contribution in [1.29, 1.82) is 0 Å². The molecule has 2 aromatic carbocycles. The number of hydrogen-bond acceptors (Lipinski definition) is 8. The fraction of sp³-hybridized carbons (Fsp3) is 0.333. The Morgan fingerprint density at radius 3 is 2.13 bits per heavy atom. The topological polar surface area (TPSA) is 133 Å². The van der Waals surface area contributed by atoms with Crippen molar-refractivity contribution in [2.24, 2.45) is 5.10 Å². The van der Waals surface area contributed by atoms with Crippen molar-refractivity contribution < 1.29 is 32.9 Å². The number of carbonyl (C=O) groups excluding carboxylic acids is 2. The third kappa shape index (κ3) is 6.83. The molecule has 11 nitrogen and oxygen atoms in total. The second kappa shape index (κ2) is 13.3. The van der Waals surface area contributed by atoms with Crippen LogP contribution in [0.4, 0.5) is 4.39 Å². The van der Waals surface area contributed by atoms with Gasteiger partial charge in [0.2, 0.25) is 5.75 Å². The van der Waals surface area contributed by atoms with Gasteiger partial charge in [0.25, 0.3) is 11.5 Å². The first-order valence-electron chi connectivity index (χ1n) is 12.3. The molecule has 0 unspecified atom stereocenters. The smallest absolute Gasteiger partial charge is 0.311 e. The highest BCUT2D eigenvalue weighted by atomic mass is 19.1. The lowest BCUT2D eigenvalue weighted by atomic mass is 10.1. The Bertz CT molecular complexity index is 1380. The minimum Gasteiger partial charge on any atom is -0.490 e. The molecule has 0 saturated carbocycles. The maximum absolute atomic E-state index is 13.4. The molecule has 0 aliphatic carbocycles. The van der Waals surface area contributed by atoms with E-state index in [-0.39, 0.29) is 29.0 Å². The largest absolute Gasteiger partial charge is 0.490 e. The molecule has 3 aromatic rings. The molecular weight excluding hydrogens is 511 g/mol. The van der Waals surface area contributed by atoms with Gasteiger partial charge in [0, 0.05) is 5.56 Å². The Kier molecular flexibility index (Phi) is 9.85. The summed E-state index contributed by atoms with van der Waals surface area (Å²) in [5.41, 5.74) is 2.82. The number of carbonyl (C=O) groups is 2. The molecular formula is C27H31FN4O7. The number of esters is 1. The number of methoxy groups -OCH3 is 1. The predicted octanol–water partition coefficient (Wildman–Crippen LogP) is 3.37. The molecule has 39 heavy (non-hydrogen) atoms. The number of hydrazone groups is 1. The van der Waals surface area contributed by atoms with E-state index in [1.807, 2.05) is 6.92 Å². The van der Waals surface area contributed by atoms with E-state index < -0.39 is 23.3 Å². The van der Waals surface area contributed by atoms with Gasteiger partial charge in [0.1, 0.15) is 5.82 Å². The van der Waals surface area contributed by atoms with Crippen molar-refractivity contribution in [3.63, 3.8) is 0 Å². The lowest BCUT2D eigenvalue weighted by molar-refractivity contribution is -0.139. The van der Waals surface area contributed by atoms with E-state index in [1.165, 1.54) is 50.4 Å². The van der Waals surface area contributed by atoms with Crippen LogP contribution in [0.1, 0.15) is 49.3 Å². The first kappa shape index (κ1) is 29.0. The summed E-state index contributed by atoms with van der Waals surface area (Å²) in [5, 5.41) is 6.97. The van der Waals surface area contributed by atoms with Crippen LogP contribution < -0.4 is 25.2 Å². The molecule has 1 aromatic heterocycles. The van der Waals surface area contributed by atoms with Gasteiger partial charge in [-0.2, -0.15) is 5.10 Å². The first-order chi connectivity index (χ1) is 18.7. The summed E-state index contributed by atoms with van der Waals surface area (Å²) in [6.45, 7) is 7.99. The first-order valence-corrected chi connectivity index (χ1v) is 12.3. The van der Waals surface area contributed by atoms with Crippen LogP contribution in [0, 0.1) is 5.82 Å². The molecule has 1 heterocycles. The minimum absolute atomic E-state index is 0.0572. The van der Waals surface area contributed by atoms with Crippen molar-refractivity contribution in [2.45, 2.75) is 34.1 Å². The number of hydrogen-bond donors (Lipinski definition) is 2. The Balaban J connectivity index is 1.98. The number of nitrogens with zero attached hydrogens (tertiary/aromatic N) is 2. The van der Waals surface area contributed by atoms with E-state index in [0.717, 1.165) is 4.68 Å². The summed E-state index contributed by atoms with van der Waals surface area (Å²) in [6.07, 6.45) is -0.260. The van der Waals surface area contributed by atoms with Crippen molar-refractivity contribution in [3.8, 4) is 22.9 Å².